The highest BCUT2D eigenvalue weighted by molar-refractivity contribution is 5.93. The summed E-state index contributed by atoms with van der Waals surface area (Å²) in [6.45, 7) is 0. The Balaban J connectivity index is 1.58. The highest BCUT2D eigenvalue weighted by Gasteiger charge is 2.25. The van der Waals surface area contributed by atoms with Crippen molar-refractivity contribution in [1.29, 1.82) is 0 Å². The fourth-order valence-corrected chi connectivity index (χ4v) is 3.07. The van der Waals surface area contributed by atoms with Gasteiger partial charge in [-0.25, -0.2) is 19.9 Å². The molecule has 0 saturated carbocycles. The van der Waals surface area contributed by atoms with E-state index >= 15 is 0 Å². The molecule has 128 valence electrons. The topological polar surface area (TPSA) is 88.3 Å². The van der Waals surface area contributed by atoms with E-state index in [0.29, 0.717) is 17.4 Å². The van der Waals surface area contributed by atoms with E-state index in [1.54, 1.807) is 22.9 Å². The second-order valence-electron chi connectivity index (χ2n) is 6.34. The first-order valence-corrected chi connectivity index (χ1v) is 8.25. The van der Waals surface area contributed by atoms with Gasteiger partial charge in [0.25, 0.3) is 5.91 Å². The predicted octanol–water partition coefficient (Wildman–Crippen LogP) is 1.39. The van der Waals surface area contributed by atoms with Crippen molar-refractivity contribution in [3.8, 4) is 0 Å². The van der Waals surface area contributed by atoms with Crippen molar-refractivity contribution in [3.05, 3.63) is 47.8 Å². The number of hydrogen-bond donors (Lipinski definition) is 1. The molecule has 0 unspecified atom stereocenters. The summed E-state index contributed by atoms with van der Waals surface area (Å²) in [6.07, 6.45) is 9.74. The van der Waals surface area contributed by atoms with Gasteiger partial charge in [0.1, 0.15) is 5.69 Å². The molecule has 1 atom stereocenters. The molecule has 0 spiro atoms. The fourth-order valence-electron chi connectivity index (χ4n) is 3.07. The number of carbonyl (C=O) groups is 1. The van der Waals surface area contributed by atoms with Crippen molar-refractivity contribution in [1.82, 2.24) is 29.7 Å². The van der Waals surface area contributed by atoms with Crippen molar-refractivity contribution in [2.75, 3.05) is 19.0 Å². The molecule has 0 aromatic carbocycles. The van der Waals surface area contributed by atoms with E-state index < -0.39 is 0 Å². The molecule has 0 bridgehead atoms. The average molecular weight is 337 g/mol. The van der Waals surface area contributed by atoms with E-state index in [4.69, 9.17) is 0 Å². The third-order valence-corrected chi connectivity index (χ3v) is 4.34. The van der Waals surface area contributed by atoms with Crippen LogP contribution in [0.25, 0.3) is 5.78 Å². The molecule has 1 aliphatic carbocycles. The number of carbonyl (C=O) groups excluding carboxylic acids is 1. The Morgan fingerprint density at radius 2 is 2.20 bits per heavy atom. The number of imidazole rings is 1. The molecule has 8 nitrogen and oxygen atoms in total. The van der Waals surface area contributed by atoms with E-state index in [9.17, 15) is 4.79 Å². The van der Waals surface area contributed by atoms with Crippen LogP contribution in [0.15, 0.2) is 30.9 Å². The first kappa shape index (κ1) is 15.5. The summed E-state index contributed by atoms with van der Waals surface area (Å²) in [4.78, 5) is 31.9. The maximum atomic E-state index is 12.6. The van der Waals surface area contributed by atoms with E-state index in [-0.39, 0.29) is 11.9 Å². The molecule has 3 aromatic rings. The van der Waals surface area contributed by atoms with Crippen molar-refractivity contribution in [2.24, 2.45) is 0 Å². The second kappa shape index (κ2) is 6.12. The summed E-state index contributed by atoms with van der Waals surface area (Å²) in [5.41, 5.74) is 2.36. The zero-order valence-electron chi connectivity index (χ0n) is 14.2. The number of nitrogens with zero attached hydrogens (tertiary/aromatic N) is 6. The minimum atomic E-state index is -0.208. The molecule has 4 rings (SSSR count). The van der Waals surface area contributed by atoms with Crippen LogP contribution in [0.4, 0.5) is 5.95 Å². The van der Waals surface area contributed by atoms with Crippen molar-refractivity contribution < 1.29 is 4.79 Å². The van der Waals surface area contributed by atoms with E-state index in [1.807, 2.05) is 31.4 Å². The van der Waals surface area contributed by atoms with Gasteiger partial charge >= 0.3 is 0 Å². The Morgan fingerprint density at radius 1 is 1.32 bits per heavy atom. The van der Waals surface area contributed by atoms with Gasteiger partial charge in [0.05, 0.1) is 11.7 Å². The minimum absolute atomic E-state index is 0.0924. The molecule has 0 radical (unpaired) electrons. The summed E-state index contributed by atoms with van der Waals surface area (Å²) < 4.78 is 1.73. The van der Waals surface area contributed by atoms with Crippen LogP contribution >= 0.6 is 0 Å². The Bertz CT molecular complexity index is 901. The van der Waals surface area contributed by atoms with Crippen LogP contribution in [0.1, 0.15) is 40.6 Å². The van der Waals surface area contributed by atoms with Crippen LogP contribution in [-0.4, -0.2) is 44.3 Å². The van der Waals surface area contributed by atoms with E-state index in [2.05, 4.69) is 25.3 Å². The van der Waals surface area contributed by atoms with E-state index in [0.717, 1.165) is 30.5 Å². The SMILES string of the molecule is CN(C)c1ncc2c(n1)CCC[C@H]2NC(=O)c1cn2cccnc2n1. The lowest BCUT2D eigenvalue weighted by atomic mass is 9.92. The zero-order valence-corrected chi connectivity index (χ0v) is 14.2. The number of aryl methyl sites for hydroxylation is 1. The van der Waals surface area contributed by atoms with Gasteiger partial charge in [-0.15, -0.1) is 0 Å². The Kier molecular flexibility index (Phi) is 3.79. The van der Waals surface area contributed by atoms with Gasteiger partial charge in [-0.1, -0.05) is 0 Å². The number of hydrogen-bond acceptors (Lipinski definition) is 6. The third kappa shape index (κ3) is 2.90. The predicted molar refractivity (Wildman–Crippen MR) is 92.5 cm³/mol. The number of nitrogens with one attached hydrogen (secondary N) is 1. The number of fused-ring (bicyclic) bond motifs is 2. The summed E-state index contributed by atoms with van der Waals surface area (Å²) in [6, 6.07) is 1.71. The average Bonchev–Trinajstić information content (AvgIpc) is 3.06. The maximum absolute atomic E-state index is 12.6. The van der Waals surface area contributed by atoms with Crippen molar-refractivity contribution in [3.63, 3.8) is 0 Å². The summed E-state index contributed by atoms with van der Waals surface area (Å²) in [5.74, 6) is 0.993. The molecule has 0 saturated heterocycles. The minimum Gasteiger partial charge on any atom is -0.347 e. The lowest BCUT2D eigenvalue weighted by Crippen LogP contribution is -2.32. The standard InChI is InChI=1S/C17H19N7O/c1-23(2)16-19-9-11-12(5-3-6-13(11)21-16)20-15(25)14-10-24-8-4-7-18-17(24)22-14/h4,7-10,12H,3,5-6H2,1-2H3,(H,20,25)/t12-/m1/s1. The molecule has 8 heteroatoms. The van der Waals surface area contributed by atoms with Crippen LogP contribution < -0.4 is 10.2 Å². The molecular weight excluding hydrogens is 318 g/mol. The summed E-state index contributed by atoms with van der Waals surface area (Å²) >= 11 is 0. The van der Waals surface area contributed by atoms with Gasteiger partial charge in [0, 0.05) is 44.4 Å². The third-order valence-electron chi connectivity index (χ3n) is 4.34. The zero-order chi connectivity index (χ0) is 17.4. The number of anilines is 1. The molecule has 0 fully saturated rings. The Morgan fingerprint density at radius 3 is 3.00 bits per heavy atom. The van der Waals surface area contributed by atoms with Crippen molar-refractivity contribution in [2.45, 2.75) is 25.3 Å². The largest absolute Gasteiger partial charge is 0.347 e. The molecule has 0 aliphatic heterocycles. The van der Waals surface area contributed by atoms with Gasteiger partial charge in [-0.05, 0) is 25.3 Å². The second-order valence-corrected chi connectivity index (χ2v) is 6.34. The molecule has 1 aliphatic rings. The molecule has 1 N–H and O–H groups in total. The van der Waals surface area contributed by atoms with Gasteiger partial charge in [0.15, 0.2) is 0 Å². The molecule has 3 heterocycles. The molecule has 3 aromatic heterocycles. The number of aromatic nitrogens is 5. The summed E-state index contributed by atoms with van der Waals surface area (Å²) in [7, 11) is 3.84. The van der Waals surface area contributed by atoms with Gasteiger partial charge < -0.3 is 10.2 Å². The lowest BCUT2D eigenvalue weighted by Gasteiger charge is -2.26. The highest BCUT2D eigenvalue weighted by atomic mass is 16.2. The Labute approximate surface area is 145 Å². The first-order valence-electron chi connectivity index (χ1n) is 8.25. The van der Waals surface area contributed by atoms with Crippen LogP contribution in [0, 0.1) is 0 Å². The quantitative estimate of drug-likeness (QED) is 0.777. The smallest absolute Gasteiger partial charge is 0.272 e. The maximum Gasteiger partial charge on any atom is 0.272 e. The first-order chi connectivity index (χ1) is 12.1. The lowest BCUT2D eigenvalue weighted by molar-refractivity contribution is 0.0928. The highest BCUT2D eigenvalue weighted by Crippen LogP contribution is 2.29. The van der Waals surface area contributed by atoms with E-state index in [1.165, 1.54) is 0 Å². The fraction of sp³-hybridized carbons (Fsp3) is 0.353. The molecular formula is C17H19N7O. The molecule has 25 heavy (non-hydrogen) atoms. The monoisotopic (exact) mass is 337 g/mol. The van der Waals surface area contributed by atoms with Crippen LogP contribution in [0.2, 0.25) is 0 Å². The van der Waals surface area contributed by atoms with Crippen LogP contribution in [0.3, 0.4) is 0 Å². The number of amides is 1. The van der Waals surface area contributed by atoms with Gasteiger partial charge in [0.2, 0.25) is 11.7 Å². The molecule has 1 amide bonds. The normalized spacial score (nSPS) is 16.5. The number of rotatable bonds is 3. The Hall–Kier alpha value is -3.03. The summed E-state index contributed by atoms with van der Waals surface area (Å²) in [5, 5.41) is 3.06. The van der Waals surface area contributed by atoms with Crippen LogP contribution in [0.5, 0.6) is 0 Å². The van der Waals surface area contributed by atoms with Gasteiger partial charge in [-0.3, -0.25) is 9.20 Å². The van der Waals surface area contributed by atoms with Gasteiger partial charge in [-0.2, -0.15) is 0 Å². The van der Waals surface area contributed by atoms with Crippen LogP contribution in [-0.2, 0) is 6.42 Å². The van der Waals surface area contributed by atoms with Crippen molar-refractivity contribution >= 4 is 17.6 Å².